The van der Waals surface area contributed by atoms with Crippen molar-refractivity contribution in [2.45, 2.75) is 26.3 Å². The smallest absolute Gasteiger partial charge is 0.357 e. The van der Waals surface area contributed by atoms with Gasteiger partial charge in [-0.25, -0.2) is 4.79 Å². The van der Waals surface area contributed by atoms with Crippen LogP contribution in [0.3, 0.4) is 0 Å². The zero-order valence-electron chi connectivity index (χ0n) is 8.29. The van der Waals surface area contributed by atoms with Crippen LogP contribution in [0.25, 0.3) is 0 Å². The number of methoxy groups -OCH3 is 1. The minimum absolute atomic E-state index is 0.317. The van der Waals surface area contributed by atoms with E-state index < -0.39 is 0 Å². The predicted molar refractivity (Wildman–Crippen MR) is 61.2 cm³/mol. The molecule has 14 heavy (non-hydrogen) atoms. The third-order valence-corrected chi connectivity index (χ3v) is 2.69. The molecule has 1 aromatic rings. The van der Waals surface area contributed by atoms with Crippen LogP contribution in [0.2, 0.25) is 0 Å². The van der Waals surface area contributed by atoms with Crippen LogP contribution in [0.1, 0.15) is 30.3 Å². The lowest BCUT2D eigenvalue weighted by Crippen LogP contribution is -2.13. The average molecular weight is 308 g/mol. The Kier molecular flexibility index (Phi) is 4.37. The van der Waals surface area contributed by atoms with Crippen LogP contribution in [0.5, 0.6) is 0 Å². The molecule has 5 heteroatoms. The first-order chi connectivity index (χ1) is 6.70. The van der Waals surface area contributed by atoms with Gasteiger partial charge in [0.05, 0.1) is 16.9 Å². The molecule has 0 aromatic carbocycles. The number of hydrogen-bond donors (Lipinski definition) is 0. The molecule has 0 saturated heterocycles. The molecule has 0 radical (unpaired) electrons. The highest BCUT2D eigenvalue weighted by molar-refractivity contribution is 14.1. The van der Waals surface area contributed by atoms with Crippen LogP contribution < -0.4 is 0 Å². The van der Waals surface area contributed by atoms with Crippen LogP contribution in [-0.2, 0) is 11.3 Å². The first-order valence-electron chi connectivity index (χ1n) is 4.50. The molecule has 0 fully saturated rings. The van der Waals surface area contributed by atoms with Crippen molar-refractivity contribution in [3.63, 3.8) is 0 Å². The molecule has 0 amide bonds. The Balaban J connectivity index is 2.88. The number of carbonyl (C=O) groups excluding carboxylic acids is 1. The van der Waals surface area contributed by atoms with Gasteiger partial charge in [-0.1, -0.05) is 13.3 Å². The number of halogens is 1. The summed E-state index contributed by atoms with van der Waals surface area (Å²) in [4.78, 5) is 11.4. The summed E-state index contributed by atoms with van der Waals surface area (Å²) in [5.41, 5.74) is 0.557. The second kappa shape index (κ2) is 5.33. The largest absolute Gasteiger partial charge is 0.464 e. The first-order valence-corrected chi connectivity index (χ1v) is 5.58. The van der Waals surface area contributed by atoms with Gasteiger partial charge in [0.2, 0.25) is 0 Å². The summed E-state index contributed by atoms with van der Waals surface area (Å²) in [5, 5.41) is 4.13. The van der Waals surface area contributed by atoms with E-state index in [1.807, 2.05) is 0 Å². The molecule has 0 N–H and O–H groups in total. The summed E-state index contributed by atoms with van der Waals surface area (Å²) in [7, 11) is 1.38. The Morgan fingerprint density at radius 1 is 1.71 bits per heavy atom. The molecule has 0 unspecified atom stereocenters. The summed E-state index contributed by atoms with van der Waals surface area (Å²) in [6.45, 7) is 2.87. The molecule has 4 nitrogen and oxygen atoms in total. The molecule has 0 spiro atoms. The van der Waals surface area contributed by atoms with Crippen molar-refractivity contribution in [2.24, 2.45) is 0 Å². The number of unbranched alkanes of at least 4 members (excludes halogenated alkanes) is 1. The van der Waals surface area contributed by atoms with Crippen LogP contribution in [-0.4, -0.2) is 22.9 Å². The van der Waals surface area contributed by atoms with Crippen LogP contribution in [0.4, 0.5) is 0 Å². The maximum absolute atomic E-state index is 11.4. The highest BCUT2D eigenvalue weighted by atomic mass is 127. The molecule has 0 saturated carbocycles. The molecular weight excluding hydrogens is 295 g/mol. The van der Waals surface area contributed by atoms with Gasteiger partial charge in [0, 0.05) is 6.54 Å². The SMILES string of the molecule is CCCCn1ncc(I)c1C(=O)OC. The third kappa shape index (κ3) is 2.46. The van der Waals surface area contributed by atoms with E-state index in [2.05, 4.69) is 34.6 Å². The molecule has 0 bridgehead atoms. The maximum Gasteiger partial charge on any atom is 0.357 e. The number of esters is 1. The first kappa shape index (κ1) is 11.5. The topological polar surface area (TPSA) is 44.1 Å². The van der Waals surface area contributed by atoms with E-state index in [1.54, 1.807) is 10.9 Å². The molecule has 0 atom stereocenters. The number of carbonyl (C=O) groups is 1. The number of aromatic nitrogens is 2. The van der Waals surface area contributed by atoms with E-state index in [0.29, 0.717) is 5.69 Å². The monoisotopic (exact) mass is 308 g/mol. The van der Waals surface area contributed by atoms with Gasteiger partial charge in [0.15, 0.2) is 5.69 Å². The lowest BCUT2D eigenvalue weighted by atomic mass is 10.3. The van der Waals surface area contributed by atoms with Crippen LogP contribution in [0.15, 0.2) is 6.20 Å². The fourth-order valence-corrected chi connectivity index (χ4v) is 1.76. The Morgan fingerprint density at radius 3 is 3.00 bits per heavy atom. The Labute approximate surface area is 96.8 Å². The molecule has 0 aliphatic carbocycles. The molecule has 78 valence electrons. The second-order valence-electron chi connectivity index (χ2n) is 2.91. The zero-order chi connectivity index (χ0) is 10.6. The van der Waals surface area contributed by atoms with Gasteiger partial charge in [0.25, 0.3) is 0 Å². The quantitative estimate of drug-likeness (QED) is 0.632. The predicted octanol–water partition coefficient (Wildman–Crippen LogP) is 2.07. The minimum Gasteiger partial charge on any atom is -0.464 e. The maximum atomic E-state index is 11.4. The lowest BCUT2D eigenvalue weighted by Gasteiger charge is -2.04. The van der Waals surface area contributed by atoms with Crippen molar-refractivity contribution in [3.05, 3.63) is 15.5 Å². The van der Waals surface area contributed by atoms with Gasteiger partial charge in [-0.15, -0.1) is 0 Å². The summed E-state index contributed by atoms with van der Waals surface area (Å²) in [6.07, 6.45) is 3.78. The van der Waals surface area contributed by atoms with E-state index in [1.165, 1.54) is 7.11 Å². The molecule has 1 aromatic heterocycles. The Bertz CT molecular complexity index is 323. The standard InChI is InChI=1S/C9H13IN2O2/c1-3-4-5-12-8(9(13)14-2)7(10)6-11-12/h6H,3-5H2,1-2H3. The molecule has 1 rings (SSSR count). The van der Waals surface area contributed by atoms with Crippen molar-refractivity contribution in [1.82, 2.24) is 9.78 Å². The summed E-state index contributed by atoms with van der Waals surface area (Å²) in [6, 6.07) is 0. The van der Waals surface area contributed by atoms with Crippen molar-refractivity contribution >= 4 is 28.6 Å². The van der Waals surface area contributed by atoms with Gasteiger partial charge in [-0.2, -0.15) is 5.10 Å². The summed E-state index contributed by atoms with van der Waals surface area (Å²) < 4.78 is 7.24. The number of rotatable bonds is 4. The lowest BCUT2D eigenvalue weighted by molar-refractivity contribution is 0.0585. The van der Waals surface area contributed by atoms with E-state index in [4.69, 9.17) is 4.74 Å². The van der Waals surface area contributed by atoms with Crippen molar-refractivity contribution < 1.29 is 9.53 Å². The number of ether oxygens (including phenoxy) is 1. The molecule has 0 aliphatic rings. The number of aryl methyl sites for hydroxylation is 1. The minimum atomic E-state index is -0.317. The second-order valence-corrected chi connectivity index (χ2v) is 4.07. The number of hydrogen-bond acceptors (Lipinski definition) is 3. The molecule has 0 aliphatic heterocycles. The fourth-order valence-electron chi connectivity index (χ4n) is 1.14. The van der Waals surface area contributed by atoms with Gasteiger partial charge < -0.3 is 4.74 Å². The van der Waals surface area contributed by atoms with Gasteiger partial charge in [-0.05, 0) is 29.0 Å². The highest BCUT2D eigenvalue weighted by Gasteiger charge is 2.16. The van der Waals surface area contributed by atoms with Gasteiger partial charge in [-0.3, -0.25) is 4.68 Å². The molecular formula is C9H13IN2O2. The van der Waals surface area contributed by atoms with Gasteiger partial charge >= 0.3 is 5.97 Å². The zero-order valence-corrected chi connectivity index (χ0v) is 10.4. The Hall–Kier alpha value is -0.590. The molecule has 1 heterocycles. The summed E-state index contributed by atoms with van der Waals surface area (Å²) in [5.74, 6) is -0.317. The number of nitrogens with zero attached hydrogens (tertiary/aromatic N) is 2. The normalized spacial score (nSPS) is 10.2. The fraction of sp³-hybridized carbons (Fsp3) is 0.556. The Morgan fingerprint density at radius 2 is 2.43 bits per heavy atom. The van der Waals surface area contributed by atoms with E-state index in [-0.39, 0.29) is 5.97 Å². The average Bonchev–Trinajstić information content (AvgIpc) is 2.55. The van der Waals surface area contributed by atoms with Crippen molar-refractivity contribution in [2.75, 3.05) is 7.11 Å². The van der Waals surface area contributed by atoms with E-state index in [9.17, 15) is 4.79 Å². The van der Waals surface area contributed by atoms with E-state index >= 15 is 0 Å². The van der Waals surface area contributed by atoms with Crippen molar-refractivity contribution in [3.8, 4) is 0 Å². The third-order valence-electron chi connectivity index (χ3n) is 1.90. The van der Waals surface area contributed by atoms with Crippen LogP contribution >= 0.6 is 22.6 Å². The van der Waals surface area contributed by atoms with E-state index in [0.717, 1.165) is 23.0 Å². The summed E-state index contributed by atoms with van der Waals surface area (Å²) >= 11 is 2.09. The van der Waals surface area contributed by atoms with Crippen molar-refractivity contribution in [1.29, 1.82) is 0 Å². The van der Waals surface area contributed by atoms with Crippen LogP contribution in [0, 0.1) is 3.57 Å². The highest BCUT2D eigenvalue weighted by Crippen LogP contribution is 2.13. The van der Waals surface area contributed by atoms with Gasteiger partial charge in [0.1, 0.15) is 0 Å².